The van der Waals surface area contributed by atoms with Crippen LogP contribution in [-0.2, 0) is 19.6 Å². The van der Waals surface area contributed by atoms with Crippen molar-refractivity contribution < 1.29 is 27.2 Å². The van der Waals surface area contributed by atoms with Gasteiger partial charge < -0.3 is 9.47 Å². The summed E-state index contributed by atoms with van der Waals surface area (Å²) in [5.41, 5.74) is 0. The zero-order chi connectivity index (χ0) is 15.5. The highest BCUT2D eigenvalue weighted by Crippen LogP contribution is 2.23. The van der Waals surface area contributed by atoms with Gasteiger partial charge in [-0.3, -0.25) is 4.55 Å². The Balaban J connectivity index is 2.21. The Morgan fingerprint density at radius 1 is 1.14 bits per heavy atom. The zero-order valence-electron chi connectivity index (χ0n) is 11.3. The summed E-state index contributed by atoms with van der Waals surface area (Å²) in [6.45, 7) is 1.81. The minimum absolute atomic E-state index is 0.171. The normalized spacial score (nSPS) is 11.3. The maximum absolute atomic E-state index is 11.2. The molecule has 0 unspecified atom stereocenters. The molecule has 0 aliphatic rings. The van der Waals surface area contributed by atoms with Crippen LogP contribution in [0.5, 0.6) is 5.75 Å². The van der Waals surface area contributed by atoms with Gasteiger partial charge in [0.05, 0.1) is 11.5 Å². The van der Waals surface area contributed by atoms with E-state index < -0.39 is 16.1 Å². The van der Waals surface area contributed by atoms with Gasteiger partial charge in [0.25, 0.3) is 10.1 Å². The van der Waals surface area contributed by atoms with E-state index in [1.807, 2.05) is 0 Å². The Morgan fingerprint density at radius 2 is 1.81 bits per heavy atom. The quantitative estimate of drug-likeness (QED) is 0.671. The van der Waals surface area contributed by atoms with Crippen LogP contribution in [0, 0.1) is 0 Å². The van der Waals surface area contributed by atoms with Gasteiger partial charge in [-0.2, -0.15) is 8.42 Å². The highest BCUT2D eigenvalue weighted by atomic mass is 32.2. The molecule has 6 nitrogen and oxygen atoms in total. The molecule has 0 aliphatic heterocycles. The van der Waals surface area contributed by atoms with Crippen LogP contribution < -0.4 is 4.74 Å². The van der Waals surface area contributed by atoms with Gasteiger partial charge in [-0.25, -0.2) is 4.79 Å². The van der Waals surface area contributed by atoms with E-state index in [1.165, 1.54) is 12.1 Å². The molecule has 2 aromatic carbocycles. The van der Waals surface area contributed by atoms with Crippen LogP contribution in [0.2, 0.25) is 0 Å². The van der Waals surface area contributed by atoms with E-state index in [9.17, 15) is 13.2 Å². The number of esters is 1. The first-order valence-electron chi connectivity index (χ1n) is 6.20. The van der Waals surface area contributed by atoms with Gasteiger partial charge in [0.1, 0.15) is 5.75 Å². The second kappa shape index (κ2) is 6.11. The molecular formula is C14H14O6S. The average Bonchev–Trinajstić information content (AvgIpc) is 2.43. The molecule has 0 atom stereocenters. The molecule has 7 heteroatoms. The number of benzene rings is 2. The van der Waals surface area contributed by atoms with Crippen molar-refractivity contribution >= 4 is 26.9 Å². The first-order chi connectivity index (χ1) is 9.90. The first kappa shape index (κ1) is 15.3. The average molecular weight is 310 g/mol. The van der Waals surface area contributed by atoms with Crippen LogP contribution in [0.15, 0.2) is 41.3 Å². The van der Waals surface area contributed by atoms with E-state index in [2.05, 4.69) is 0 Å². The lowest BCUT2D eigenvalue weighted by Crippen LogP contribution is -2.14. The van der Waals surface area contributed by atoms with Crippen molar-refractivity contribution in [3.05, 3.63) is 36.4 Å². The van der Waals surface area contributed by atoms with E-state index in [-0.39, 0.29) is 11.5 Å². The molecule has 1 N–H and O–H groups in total. The van der Waals surface area contributed by atoms with Gasteiger partial charge in [0.2, 0.25) is 0 Å². The molecule has 0 bridgehead atoms. The largest absolute Gasteiger partial charge is 0.482 e. The van der Waals surface area contributed by atoms with Crippen molar-refractivity contribution in [2.24, 2.45) is 0 Å². The third kappa shape index (κ3) is 3.93. The third-order valence-electron chi connectivity index (χ3n) is 2.74. The number of rotatable bonds is 5. The standard InChI is InChI=1S/C14H14O6S/c1-2-19-14(15)9-20-12-5-3-11-8-13(21(16,17)18)6-4-10(11)7-12/h3-8H,2,9H2,1H3,(H,16,17,18). The van der Waals surface area contributed by atoms with Crippen molar-refractivity contribution in [1.29, 1.82) is 0 Å². The fourth-order valence-corrected chi connectivity index (χ4v) is 2.31. The smallest absolute Gasteiger partial charge is 0.344 e. The van der Waals surface area contributed by atoms with Crippen LogP contribution in [0.25, 0.3) is 10.8 Å². The second-order valence-electron chi connectivity index (χ2n) is 4.24. The van der Waals surface area contributed by atoms with Crippen LogP contribution in [0.1, 0.15) is 6.92 Å². The summed E-state index contributed by atoms with van der Waals surface area (Å²) in [7, 11) is -4.22. The summed E-state index contributed by atoms with van der Waals surface area (Å²) in [6.07, 6.45) is 0. The SMILES string of the molecule is CCOC(=O)COc1ccc2cc(S(=O)(=O)O)ccc2c1. The molecule has 0 heterocycles. The number of hydrogen-bond donors (Lipinski definition) is 1. The summed E-state index contributed by atoms with van der Waals surface area (Å²) in [5, 5.41) is 1.36. The van der Waals surface area contributed by atoms with Gasteiger partial charge in [0, 0.05) is 0 Å². The van der Waals surface area contributed by atoms with E-state index in [4.69, 9.17) is 14.0 Å². The van der Waals surface area contributed by atoms with Crippen LogP contribution in [0.4, 0.5) is 0 Å². The van der Waals surface area contributed by atoms with E-state index >= 15 is 0 Å². The predicted molar refractivity (Wildman–Crippen MR) is 75.9 cm³/mol. The molecule has 21 heavy (non-hydrogen) atoms. The first-order valence-corrected chi connectivity index (χ1v) is 7.64. The van der Waals surface area contributed by atoms with E-state index in [0.29, 0.717) is 17.7 Å². The van der Waals surface area contributed by atoms with E-state index in [0.717, 1.165) is 5.39 Å². The van der Waals surface area contributed by atoms with Crippen LogP contribution in [0.3, 0.4) is 0 Å². The number of carbonyl (C=O) groups is 1. The minimum Gasteiger partial charge on any atom is -0.482 e. The summed E-state index contributed by atoms with van der Waals surface area (Å²) < 4.78 is 41.1. The monoisotopic (exact) mass is 310 g/mol. The molecule has 0 aliphatic carbocycles. The van der Waals surface area contributed by atoms with Crippen molar-refractivity contribution in [3.63, 3.8) is 0 Å². The summed E-state index contributed by atoms with van der Waals surface area (Å²) >= 11 is 0. The second-order valence-corrected chi connectivity index (χ2v) is 5.66. The van der Waals surface area contributed by atoms with Gasteiger partial charge in [-0.05, 0) is 42.0 Å². The van der Waals surface area contributed by atoms with Gasteiger partial charge >= 0.3 is 5.97 Å². The van der Waals surface area contributed by atoms with Crippen LogP contribution >= 0.6 is 0 Å². The van der Waals surface area contributed by atoms with Gasteiger partial charge in [0.15, 0.2) is 6.61 Å². The summed E-state index contributed by atoms with van der Waals surface area (Å²) in [4.78, 5) is 11.0. The van der Waals surface area contributed by atoms with Crippen molar-refractivity contribution in [2.45, 2.75) is 11.8 Å². The molecule has 0 amide bonds. The Hall–Kier alpha value is -2.12. The van der Waals surface area contributed by atoms with Gasteiger partial charge in [-0.1, -0.05) is 12.1 Å². The fourth-order valence-electron chi connectivity index (χ4n) is 1.80. The molecule has 0 fully saturated rings. The lowest BCUT2D eigenvalue weighted by atomic mass is 10.1. The molecule has 0 saturated carbocycles. The Bertz CT molecular complexity index is 766. The third-order valence-corrected chi connectivity index (χ3v) is 3.59. The highest BCUT2D eigenvalue weighted by Gasteiger charge is 2.10. The minimum atomic E-state index is -4.22. The molecule has 0 radical (unpaired) electrons. The number of hydrogen-bond acceptors (Lipinski definition) is 5. The maximum Gasteiger partial charge on any atom is 0.344 e. The Morgan fingerprint density at radius 3 is 2.48 bits per heavy atom. The topological polar surface area (TPSA) is 89.9 Å². The summed E-state index contributed by atoms with van der Waals surface area (Å²) in [6, 6.07) is 9.13. The van der Waals surface area contributed by atoms with Crippen molar-refractivity contribution in [1.82, 2.24) is 0 Å². The number of carbonyl (C=O) groups excluding carboxylic acids is 1. The molecule has 0 aromatic heterocycles. The lowest BCUT2D eigenvalue weighted by Gasteiger charge is -2.07. The highest BCUT2D eigenvalue weighted by molar-refractivity contribution is 7.85. The molecule has 0 spiro atoms. The number of ether oxygens (including phenoxy) is 2. The predicted octanol–water partition coefficient (Wildman–Crippen LogP) is 2.03. The molecule has 2 rings (SSSR count). The summed E-state index contributed by atoms with van der Waals surface area (Å²) in [5.74, 6) is 0.00878. The zero-order valence-corrected chi connectivity index (χ0v) is 12.1. The maximum atomic E-state index is 11.2. The molecule has 0 saturated heterocycles. The van der Waals surface area contributed by atoms with Crippen molar-refractivity contribution in [3.8, 4) is 5.75 Å². The van der Waals surface area contributed by atoms with Crippen LogP contribution in [-0.4, -0.2) is 32.2 Å². The lowest BCUT2D eigenvalue weighted by molar-refractivity contribution is -0.145. The van der Waals surface area contributed by atoms with E-state index in [1.54, 1.807) is 31.2 Å². The fraction of sp³-hybridized carbons (Fsp3) is 0.214. The Kier molecular flexibility index (Phi) is 4.44. The molecule has 112 valence electrons. The molecular weight excluding hydrogens is 296 g/mol. The Labute approximate surface area is 122 Å². The van der Waals surface area contributed by atoms with Gasteiger partial charge in [-0.15, -0.1) is 0 Å². The number of fused-ring (bicyclic) bond motifs is 1. The molecule has 2 aromatic rings. The van der Waals surface area contributed by atoms with Crippen molar-refractivity contribution in [2.75, 3.05) is 13.2 Å².